The summed E-state index contributed by atoms with van der Waals surface area (Å²) in [4.78, 5) is 18.4. The second-order valence-corrected chi connectivity index (χ2v) is 5.63. The molecule has 0 bridgehead atoms. The van der Waals surface area contributed by atoms with Gasteiger partial charge < -0.3 is 9.64 Å². The van der Waals surface area contributed by atoms with Crippen LogP contribution in [0.25, 0.3) is 0 Å². The second kappa shape index (κ2) is 6.50. The summed E-state index contributed by atoms with van der Waals surface area (Å²) in [5.41, 5.74) is 0.844. The number of nitrogens with zero attached hydrogens (tertiary/aromatic N) is 2. The fourth-order valence-electron chi connectivity index (χ4n) is 1.95. The number of aromatic nitrogens is 1. The van der Waals surface area contributed by atoms with Crippen LogP contribution in [0.15, 0.2) is 5.38 Å². The van der Waals surface area contributed by atoms with Crippen molar-refractivity contribution in [2.75, 3.05) is 19.7 Å². The molecule has 1 saturated heterocycles. The number of alkyl halides is 1. The minimum atomic E-state index is 0.117. The van der Waals surface area contributed by atoms with Gasteiger partial charge in [-0.15, -0.1) is 22.9 Å². The van der Waals surface area contributed by atoms with Crippen LogP contribution >= 0.6 is 22.9 Å². The van der Waals surface area contributed by atoms with Crippen LogP contribution in [-0.4, -0.2) is 41.6 Å². The van der Waals surface area contributed by atoms with Crippen LogP contribution < -0.4 is 0 Å². The van der Waals surface area contributed by atoms with Gasteiger partial charge >= 0.3 is 0 Å². The molecular formula is C12H17ClN2O2S. The Kier molecular flexibility index (Phi) is 4.97. The summed E-state index contributed by atoms with van der Waals surface area (Å²) in [6.07, 6.45) is 1.39. The number of hydrogen-bond donors (Lipinski definition) is 0. The Balaban J connectivity index is 1.93. The molecule has 1 atom stereocenters. The number of amides is 1. The van der Waals surface area contributed by atoms with Gasteiger partial charge in [-0.25, -0.2) is 4.98 Å². The molecule has 0 aromatic carbocycles. The lowest BCUT2D eigenvalue weighted by atomic mass is 10.3. The molecule has 1 unspecified atom stereocenters. The van der Waals surface area contributed by atoms with Crippen LogP contribution in [0, 0.1) is 0 Å². The Morgan fingerprint density at radius 2 is 2.56 bits per heavy atom. The standard InChI is InChI=1S/C12H17ClN2O2S/c1-9-7-15(3-2-4-17-9)12(16)5-11-14-10(6-13)8-18-11/h8-9H,2-7H2,1H3. The van der Waals surface area contributed by atoms with Gasteiger partial charge in [0.15, 0.2) is 0 Å². The number of hydrogen-bond acceptors (Lipinski definition) is 4. The van der Waals surface area contributed by atoms with E-state index in [1.807, 2.05) is 17.2 Å². The van der Waals surface area contributed by atoms with Crippen molar-refractivity contribution in [3.8, 4) is 0 Å². The summed E-state index contributed by atoms with van der Waals surface area (Å²) in [6, 6.07) is 0. The van der Waals surface area contributed by atoms with Gasteiger partial charge in [0, 0.05) is 25.1 Å². The Bertz CT molecular complexity index is 411. The highest BCUT2D eigenvalue weighted by Gasteiger charge is 2.20. The van der Waals surface area contributed by atoms with Crippen molar-refractivity contribution in [3.63, 3.8) is 0 Å². The number of carbonyl (C=O) groups is 1. The van der Waals surface area contributed by atoms with Gasteiger partial charge in [0.1, 0.15) is 5.01 Å². The quantitative estimate of drug-likeness (QED) is 0.800. The van der Waals surface area contributed by atoms with Crippen molar-refractivity contribution in [2.24, 2.45) is 0 Å². The highest BCUT2D eigenvalue weighted by Crippen LogP contribution is 2.14. The first kappa shape index (κ1) is 13.8. The molecule has 1 aromatic rings. The number of rotatable bonds is 3. The van der Waals surface area contributed by atoms with E-state index in [1.165, 1.54) is 11.3 Å². The average Bonchev–Trinajstić information content (AvgIpc) is 2.69. The minimum absolute atomic E-state index is 0.117. The van der Waals surface area contributed by atoms with E-state index in [1.54, 1.807) is 0 Å². The predicted molar refractivity (Wildman–Crippen MR) is 72.0 cm³/mol. The molecule has 4 nitrogen and oxygen atoms in total. The summed E-state index contributed by atoms with van der Waals surface area (Å²) in [6.45, 7) is 4.18. The first-order valence-corrected chi connectivity index (χ1v) is 7.49. The number of ether oxygens (including phenoxy) is 1. The fourth-order valence-corrected chi connectivity index (χ4v) is 2.97. The Labute approximate surface area is 116 Å². The lowest BCUT2D eigenvalue weighted by molar-refractivity contribution is -0.131. The van der Waals surface area contributed by atoms with Crippen molar-refractivity contribution in [1.29, 1.82) is 0 Å². The Morgan fingerprint density at radius 1 is 1.72 bits per heavy atom. The van der Waals surface area contributed by atoms with E-state index < -0.39 is 0 Å². The number of halogens is 1. The smallest absolute Gasteiger partial charge is 0.229 e. The van der Waals surface area contributed by atoms with Gasteiger partial charge in [0.2, 0.25) is 5.91 Å². The van der Waals surface area contributed by atoms with Crippen molar-refractivity contribution < 1.29 is 9.53 Å². The van der Waals surface area contributed by atoms with Gasteiger partial charge in [-0.2, -0.15) is 0 Å². The van der Waals surface area contributed by atoms with E-state index in [0.29, 0.717) is 18.8 Å². The summed E-state index contributed by atoms with van der Waals surface area (Å²) in [7, 11) is 0. The van der Waals surface area contributed by atoms with Crippen molar-refractivity contribution >= 4 is 28.8 Å². The predicted octanol–water partition coefficient (Wildman–Crippen LogP) is 2.06. The Morgan fingerprint density at radius 3 is 3.28 bits per heavy atom. The average molecular weight is 289 g/mol. The van der Waals surface area contributed by atoms with Crippen LogP contribution in [0.4, 0.5) is 0 Å². The largest absolute Gasteiger partial charge is 0.377 e. The van der Waals surface area contributed by atoms with Gasteiger partial charge in [0.05, 0.1) is 24.1 Å². The second-order valence-electron chi connectivity index (χ2n) is 4.42. The highest BCUT2D eigenvalue weighted by atomic mass is 35.5. The topological polar surface area (TPSA) is 42.4 Å². The maximum absolute atomic E-state index is 12.2. The molecule has 2 heterocycles. The number of thiazole rings is 1. The summed E-state index contributed by atoms with van der Waals surface area (Å²) in [5.74, 6) is 0.530. The normalized spacial score (nSPS) is 20.8. The molecule has 1 fully saturated rings. The molecule has 0 N–H and O–H groups in total. The van der Waals surface area contributed by atoms with E-state index >= 15 is 0 Å². The van der Waals surface area contributed by atoms with Gasteiger partial charge in [-0.1, -0.05) is 0 Å². The molecule has 1 amide bonds. The van der Waals surface area contributed by atoms with E-state index in [-0.39, 0.29) is 12.0 Å². The van der Waals surface area contributed by atoms with E-state index in [9.17, 15) is 4.79 Å². The van der Waals surface area contributed by atoms with Gasteiger partial charge in [-0.05, 0) is 13.3 Å². The molecular weight excluding hydrogens is 272 g/mol. The maximum atomic E-state index is 12.2. The molecule has 100 valence electrons. The molecule has 2 rings (SSSR count). The lowest BCUT2D eigenvalue weighted by Gasteiger charge is -2.21. The van der Waals surface area contributed by atoms with E-state index in [2.05, 4.69) is 4.98 Å². The molecule has 0 aliphatic carbocycles. The first-order chi connectivity index (χ1) is 8.69. The van der Waals surface area contributed by atoms with Crippen LogP contribution in [0.3, 0.4) is 0 Å². The zero-order chi connectivity index (χ0) is 13.0. The molecule has 0 radical (unpaired) electrons. The molecule has 0 saturated carbocycles. The van der Waals surface area contributed by atoms with Crippen molar-refractivity contribution in [1.82, 2.24) is 9.88 Å². The Hall–Kier alpha value is -0.650. The van der Waals surface area contributed by atoms with Crippen molar-refractivity contribution in [3.05, 3.63) is 16.1 Å². The van der Waals surface area contributed by atoms with Crippen LogP contribution in [0.1, 0.15) is 24.0 Å². The zero-order valence-corrected chi connectivity index (χ0v) is 12.0. The molecule has 1 aromatic heterocycles. The zero-order valence-electron chi connectivity index (χ0n) is 10.4. The summed E-state index contributed by atoms with van der Waals surface area (Å²) >= 11 is 7.20. The maximum Gasteiger partial charge on any atom is 0.229 e. The van der Waals surface area contributed by atoms with Crippen LogP contribution in [-0.2, 0) is 21.8 Å². The molecule has 0 spiro atoms. The third-order valence-corrected chi connectivity index (χ3v) is 4.02. The van der Waals surface area contributed by atoms with Gasteiger partial charge in [0.25, 0.3) is 0 Å². The van der Waals surface area contributed by atoms with Gasteiger partial charge in [-0.3, -0.25) is 4.79 Å². The van der Waals surface area contributed by atoms with E-state index in [4.69, 9.17) is 16.3 Å². The summed E-state index contributed by atoms with van der Waals surface area (Å²) in [5, 5.41) is 2.75. The molecule has 1 aliphatic rings. The fraction of sp³-hybridized carbons (Fsp3) is 0.667. The molecule has 6 heteroatoms. The number of carbonyl (C=O) groups excluding carboxylic acids is 1. The van der Waals surface area contributed by atoms with Crippen molar-refractivity contribution in [2.45, 2.75) is 31.7 Å². The van der Waals surface area contributed by atoms with Crippen LogP contribution in [0.5, 0.6) is 0 Å². The highest BCUT2D eigenvalue weighted by molar-refractivity contribution is 7.09. The van der Waals surface area contributed by atoms with E-state index in [0.717, 1.165) is 30.3 Å². The molecule has 18 heavy (non-hydrogen) atoms. The first-order valence-electron chi connectivity index (χ1n) is 6.07. The monoisotopic (exact) mass is 288 g/mol. The SMILES string of the molecule is CC1CN(C(=O)Cc2nc(CCl)cs2)CCCO1. The minimum Gasteiger partial charge on any atom is -0.377 e. The third kappa shape index (κ3) is 3.67. The summed E-state index contributed by atoms with van der Waals surface area (Å²) < 4.78 is 5.53. The van der Waals surface area contributed by atoms with Crippen LogP contribution in [0.2, 0.25) is 0 Å². The molecule has 1 aliphatic heterocycles. The third-order valence-electron chi connectivity index (χ3n) is 2.84. The lowest BCUT2D eigenvalue weighted by Crippen LogP contribution is -2.36.